The number of benzene rings is 1. The molecule has 3 unspecified atom stereocenters. The van der Waals surface area contributed by atoms with E-state index in [9.17, 15) is 9.50 Å². The van der Waals surface area contributed by atoms with Crippen LogP contribution < -0.4 is 16.4 Å². The molecule has 1 aliphatic rings. The van der Waals surface area contributed by atoms with Crippen molar-refractivity contribution < 1.29 is 14.6 Å². The van der Waals surface area contributed by atoms with Gasteiger partial charge in [0.15, 0.2) is 5.96 Å². The molecular weight excluding hydrogens is 323 g/mol. The number of nitrogens with two attached hydrogens (primary N) is 1. The Labute approximate surface area is 148 Å². The summed E-state index contributed by atoms with van der Waals surface area (Å²) in [6.45, 7) is 1.18. The zero-order valence-electron chi connectivity index (χ0n) is 14.5. The lowest BCUT2D eigenvalue weighted by Gasteiger charge is -2.29. The second-order valence-corrected chi connectivity index (χ2v) is 6.68. The molecule has 1 saturated carbocycles. The van der Waals surface area contributed by atoms with Crippen LogP contribution in [0.15, 0.2) is 29.3 Å². The van der Waals surface area contributed by atoms with Crippen molar-refractivity contribution in [3.8, 4) is 0 Å². The highest BCUT2D eigenvalue weighted by atomic mass is 19.1. The Morgan fingerprint density at radius 3 is 2.88 bits per heavy atom. The zero-order chi connectivity index (χ0) is 18.1. The first-order valence-corrected chi connectivity index (χ1v) is 8.90. The molecule has 1 aromatic rings. The second-order valence-electron chi connectivity index (χ2n) is 6.68. The number of hydrogen-bond acceptors (Lipinski definition) is 4. The average molecular weight is 352 g/mol. The number of aliphatic hydroxyl groups is 2. The predicted octanol–water partition coefficient (Wildman–Crippen LogP) is 1.30. The number of rotatable bonds is 7. The summed E-state index contributed by atoms with van der Waals surface area (Å²) >= 11 is 0. The van der Waals surface area contributed by atoms with Crippen LogP contribution in [0.4, 0.5) is 10.1 Å². The van der Waals surface area contributed by atoms with Crippen molar-refractivity contribution in [2.45, 2.75) is 31.8 Å². The number of aliphatic imine (C=N–C) groups is 1. The first-order valence-electron chi connectivity index (χ1n) is 8.90. The summed E-state index contributed by atoms with van der Waals surface area (Å²) in [7, 11) is 0. The molecular formula is C18H29FN4O2. The molecule has 0 heterocycles. The highest BCUT2D eigenvalue weighted by Gasteiger charge is 2.21. The van der Waals surface area contributed by atoms with Gasteiger partial charge in [-0.25, -0.2) is 4.39 Å². The fraction of sp³-hybridized carbons (Fsp3) is 0.611. The lowest BCUT2D eigenvalue weighted by atomic mass is 9.81. The van der Waals surface area contributed by atoms with E-state index < -0.39 is 6.10 Å². The third kappa shape index (κ3) is 6.97. The monoisotopic (exact) mass is 352 g/mol. The van der Waals surface area contributed by atoms with E-state index in [1.165, 1.54) is 25.0 Å². The van der Waals surface area contributed by atoms with Crippen LogP contribution in [0.1, 0.15) is 25.7 Å². The Hall–Kier alpha value is -1.70. The van der Waals surface area contributed by atoms with Crippen LogP contribution in [0.5, 0.6) is 0 Å². The number of nitrogens with one attached hydrogen (secondary N) is 2. The van der Waals surface area contributed by atoms with Gasteiger partial charge in [0, 0.05) is 12.2 Å². The Kier molecular flexibility index (Phi) is 8.11. The molecule has 0 bridgehead atoms. The predicted molar refractivity (Wildman–Crippen MR) is 97.9 cm³/mol. The first-order chi connectivity index (χ1) is 12.1. The van der Waals surface area contributed by atoms with E-state index in [0.717, 1.165) is 25.9 Å². The largest absolute Gasteiger partial charge is 0.394 e. The molecule has 0 aromatic heterocycles. The molecule has 1 aliphatic carbocycles. The van der Waals surface area contributed by atoms with Gasteiger partial charge in [0.2, 0.25) is 0 Å². The van der Waals surface area contributed by atoms with Gasteiger partial charge in [-0.15, -0.1) is 0 Å². The third-order valence-corrected chi connectivity index (χ3v) is 4.54. The number of hydrogen-bond donors (Lipinski definition) is 5. The Morgan fingerprint density at radius 2 is 2.16 bits per heavy atom. The molecule has 0 spiro atoms. The average Bonchev–Trinajstić information content (AvgIpc) is 2.63. The van der Waals surface area contributed by atoms with Crippen LogP contribution in [0, 0.1) is 17.7 Å². The maximum atomic E-state index is 13.4. The number of nitrogens with zero attached hydrogens (tertiary/aromatic N) is 1. The topological polar surface area (TPSA) is 103 Å². The SMILES string of the molecule is NCC1CCCC(CNC(=NCC(O)CO)Nc2cccc(F)c2)C1. The standard InChI is InChI=1S/C18H29FN4O2/c19-15-5-2-6-16(8-15)23-18(22-11-17(25)12-24)21-10-14-4-1-3-13(7-14)9-20/h2,5-6,8,13-14,17,24-25H,1,3-4,7,9-12,20H2,(H2,21,22,23). The van der Waals surface area contributed by atoms with Crippen molar-refractivity contribution in [1.29, 1.82) is 0 Å². The van der Waals surface area contributed by atoms with Crippen LogP contribution in [0.25, 0.3) is 0 Å². The Morgan fingerprint density at radius 1 is 1.36 bits per heavy atom. The minimum absolute atomic E-state index is 0.0667. The maximum Gasteiger partial charge on any atom is 0.195 e. The molecule has 2 rings (SSSR count). The molecule has 1 aromatic carbocycles. The summed E-state index contributed by atoms with van der Waals surface area (Å²) in [5.74, 6) is 1.23. The molecule has 0 amide bonds. The fourth-order valence-electron chi connectivity index (χ4n) is 3.14. The molecule has 0 aliphatic heterocycles. The minimum Gasteiger partial charge on any atom is -0.394 e. The van der Waals surface area contributed by atoms with Crippen molar-refractivity contribution >= 4 is 11.6 Å². The van der Waals surface area contributed by atoms with Gasteiger partial charge in [-0.05, 0) is 55.8 Å². The van der Waals surface area contributed by atoms with Gasteiger partial charge in [-0.2, -0.15) is 0 Å². The number of aliphatic hydroxyl groups excluding tert-OH is 2. The van der Waals surface area contributed by atoms with E-state index in [4.69, 9.17) is 10.8 Å². The molecule has 7 heteroatoms. The van der Waals surface area contributed by atoms with E-state index in [2.05, 4.69) is 15.6 Å². The van der Waals surface area contributed by atoms with Gasteiger partial charge in [0.25, 0.3) is 0 Å². The third-order valence-electron chi connectivity index (χ3n) is 4.54. The molecule has 0 saturated heterocycles. The van der Waals surface area contributed by atoms with Crippen molar-refractivity contribution in [1.82, 2.24) is 5.32 Å². The van der Waals surface area contributed by atoms with E-state index >= 15 is 0 Å². The second kappa shape index (κ2) is 10.3. The normalized spacial score (nSPS) is 22.5. The summed E-state index contributed by atoms with van der Waals surface area (Å²) in [5.41, 5.74) is 6.37. The van der Waals surface area contributed by atoms with Gasteiger partial charge in [0.1, 0.15) is 5.82 Å². The number of guanidine groups is 1. The van der Waals surface area contributed by atoms with Gasteiger partial charge in [0.05, 0.1) is 19.3 Å². The van der Waals surface area contributed by atoms with Crippen LogP contribution in [0.2, 0.25) is 0 Å². The molecule has 0 radical (unpaired) electrons. The molecule has 140 valence electrons. The van der Waals surface area contributed by atoms with E-state index in [1.54, 1.807) is 12.1 Å². The lowest BCUT2D eigenvalue weighted by Crippen LogP contribution is -2.37. The molecule has 25 heavy (non-hydrogen) atoms. The molecule has 1 fully saturated rings. The summed E-state index contributed by atoms with van der Waals surface area (Å²) in [6.07, 6.45) is 3.70. The van der Waals surface area contributed by atoms with Gasteiger partial charge in [-0.1, -0.05) is 12.5 Å². The van der Waals surface area contributed by atoms with Crippen LogP contribution in [0.3, 0.4) is 0 Å². The van der Waals surface area contributed by atoms with Crippen LogP contribution in [-0.2, 0) is 0 Å². The highest BCUT2D eigenvalue weighted by Crippen LogP contribution is 2.27. The fourth-order valence-corrected chi connectivity index (χ4v) is 3.14. The zero-order valence-corrected chi connectivity index (χ0v) is 14.5. The van der Waals surface area contributed by atoms with Crippen molar-refractivity contribution in [2.75, 3.05) is 31.6 Å². The molecule has 3 atom stereocenters. The van der Waals surface area contributed by atoms with Crippen LogP contribution in [-0.4, -0.2) is 48.5 Å². The maximum absolute atomic E-state index is 13.4. The summed E-state index contributed by atoms with van der Waals surface area (Å²) in [6, 6.07) is 6.11. The highest BCUT2D eigenvalue weighted by molar-refractivity contribution is 5.93. The molecule has 6 N–H and O–H groups in total. The quantitative estimate of drug-likeness (QED) is 0.376. The van der Waals surface area contributed by atoms with Crippen molar-refractivity contribution in [3.63, 3.8) is 0 Å². The van der Waals surface area contributed by atoms with E-state index in [1.807, 2.05) is 0 Å². The Bertz CT molecular complexity index is 556. The van der Waals surface area contributed by atoms with Crippen LogP contribution >= 0.6 is 0 Å². The lowest BCUT2D eigenvalue weighted by molar-refractivity contribution is 0.102. The summed E-state index contributed by atoms with van der Waals surface area (Å²) < 4.78 is 13.4. The van der Waals surface area contributed by atoms with Crippen molar-refractivity contribution in [2.24, 2.45) is 22.6 Å². The smallest absolute Gasteiger partial charge is 0.195 e. The summed E-state index contributed by atoms with van der Waals surface area (Å²) in [4.78, 5) is 4.28. The van der Waals surface area contributed by atoms with Gasteiger partial charge in [-0.3, -0.25) is 4.99 Å². The number of halogens is 1. The molecule has 6 nitrogen and oxygen atoms in total. The van der Waals surface area contributed by atoms with Crippen molar-refractivity contribution in [3.05, 3.63) is 30.1 Å². The van der Waals surface area contributed by atoms with E-state index in [-0.39, 0.29) is 19.0 Å². The van der Waals surface area contributed by atoms with Gasteiger partial charge >= 0.3 is 0 Å². The number of anilines is 1. The Balaban J connectivity index is 1.96. The minimum atomic E-state index is -0.914. The first kappa shape index (κ1) is 19.6. The van der Waals surface area contributed by atoms with E-state index in [0.29, 0.717) is 23.5 Å². The van der Waals surface area contributed by atoms with Gasteiger partial charge < -0.3 is 26.6 Å². The summed E-state index contributed by atoms with van der Waals surface area (Å²) in [5, 5.41) is 24.8.